The van der Waals surface area contributed by atoms with Crippen molar-refractivity contribution < 1.29 is 43.9 Å². The first-order valence-electron chi connectivity index (χ1n) is 11.4. The summed E-state index contributed by atoms with van der Waals surface area (Å²) in [7, 11) is -7.83. The predicted molar refractivity (Wildman–Crippen MR) is 137 cm³/mol. The normalized spacial score (nSPS) is 17.6. The molecule has 0 radical (unpaired) electrons. The summed E-state index contributed by atoms with van der Waals surface area (Å²) in [5.41, 5.74) is -2.43. The lowest BCUT2D eigenvalue weighted by Gasteiger charge is -2.35. The molecular weight excluding hydrogens is 588 g/mol. The van der Waals surface area contributed by atoms with Crippen LogP contribution in [0.3, 0.4) is 0 Å². The summed E-state index contributed by atoms with van der Waals surface area (Å²) < 4.78 is 108. The van der Waals surface area contributed by atoms with Gasteiger partial charge in [0.15, 0.2) is 15.5 Å². The van der Waals surface area contributed by atoms with Crippen LogP contribution in [0.15, 0.2) is 58.8 Å². The third-order valence-corrected chi connectivity index (χ3v) is 8.80. The average molecular weight is 613 g/mol. The lowest BCUT2D eigenvalue weighted by molar-refractivity contribution is -0.274. The molecule has 3 rings (SSSR count). The van der Waals surface area contributed by atoms with Crippen LogP contribution >= 0.6 is 11.6 Å². The number of rotatable bonds is 8. The van der Waals surface area contributed by atoms with Gasteiger partial charge in [-0.3, -0.25) is 4.79 Å². The summed E-state index contributed by atoms with van der Waals surface area (Å²) in [6, 6.07) is 7.86. The van der Waals surface area contributed by atoms with Crippen molar-refractivity contribution in [1.29, 1.82) is 0 Å². The predicted octanol–water partition coefficient (Wildman–Crippen LogP) is 4.46. The van der Waals surface area contributed by atoms with Crippen molar-refractivity contribution in [3.63, 3.8) is 0 Å². The van der Waals surface area contributed by atoms with Crippen molar-refractivity contribution in [1.82, 2.24) is 9.62 Å². The lowest BCUT2D eigenvalue weighted by Crippen LogP contribution is -2.53. The molecule has 8 nitrogen and oxygen atoms in total. The average Bonchev–Trinajstić information content (AvgIpc) is 2.82. The number of amides is 1. The monoisotopic (exact) mass is 612 g/mol. The van der Waals surface area contributed by atoms with Gasteiger partial charge in [-0.15, -0.1) is 13.2 Å². The third-order valence-electron chi connectivity index (χ3n) is 5.86. The molecule has 1 atom stereocenters. The van der Waals surface area contributed by atoms with E-state index in [2.05, 4.69) is 10.1 Å². The van der Waals surface area contributed by atoms with E-state index in [0.29, 0.717) is 0 Å². The number of sulfone groups is 1. The minimum absolute atomic E-state index is 0.0789. The molecule has 1 saturated heterocycles. The Kier molecular flexibility index (Phi) is 9.05. The van der Waals surface area contributed by atoms with E-state index >= 15 is 4.39 Å². The Morgan fingerprint density at radius 1 is 1.10 bits per heavy atom. The number of carbonyl (C=O) groups excluding carboxylic acids is 1. The number of benzene rings is 2. The van der Waals surface area contributed by atoms with Gasteiger partial charge in [-0.05, 0) is 31.2 Å². The van der Waals surface area contributed by atoms with E-state index in [-0.39, 0.29) is 21.0 Å². The standard InChI is InChI=1S/C24H25ClF4N2O6S2/c1-16(9-14-38(2,33)34)30-22(32)23(26)10-12-31(13-11-23)39(35,36)21-8-7-17(37-24(27,28)29)15-19(21)18-5-3-4-6-20(18)25/h3-9,14-16H,10-13H2,1-2H3,(H,30,32)/b14-9-/t16-/m1/s1. The first-order valence-corrected chi connectivity index (χ1v) is 15.2. The van der Waals surface area contributed by atoms with Crippen LogP contribution in [-0.2, 0) is 24.7 Å². The summed E-state index contributed by atoms with van der Waals surface area (Å²) in [6.07, 6.45) is -3.89. The molecule has 2 aromatic carbocycles. The molecule has 0 unspecified atom stereocenters. The Labute approximate surface area is 228 Å². The van der Waals surface area contributed by atoms with Crippen molar-refractivity contribution in [3.05, 3.63) is 59.0 Å². The van der Waals surface area contributed by atoms with Crippen LogP contribution < -0.4 is 10.1 Å². The first kappa shape index (κ1) is 30.9. The molecule has 1 N–H and O–H groups in total. The Morgan fingerprint density at radius 3 is 2.28 bits per heavy atom. The molecule has 214 valence electrons. The second kappa shape index (κ2) is 11.4. The number of carbonyl (C=O) groups is 1. The molecule has 1 aliphatic rings. The topological polar surface area (TPSA) is 110 Å². The molecule has 15 heteroatoms. The molecule has 1 fully saturated rings. The van der Waals surface area contributed by atoms with Gasteiger partial charge in [-0.2, -0.15) is 4.31 Å². The van der Waals surface area contributed by atoms with Crippen LogP contribution in [0.1, 0.15) is 19.8 Å². The minimum atomic E-state index is -5.02. The summed E-state index contributed by atoms with van der Waals surface area (Å²) >= 11 is 6.21. The second-order valence-electron chi connectivity index (χ2n) is 8.98. The van der Waals surface area contributed by atoms with E-state index in [1.807, 2.05) is 0 Å². The Balaban J connectivity index is 1.86. The second-order valence-corrected chi connectivity index (χ2v) is 13.2. The number of alkyl halides is 4. The van der Waals surface area contributed by atoms with Crippen molar-refractivity contribution >= 4 is 37.4 Å². The molecule has 0 aromatic heterocycles. The Hall–Kier alpha value is -2.68. The molecule has 1 amide bonds. The molecule has 2 aromatic rings. The van der Waals surface area contributed by atoms with Crippen molar-refractivity contribution in [2.24, 2.45) is 0 Å². The van der Waals surface area contributed by atoms with Gasteiger partial charge < -0.3 is 10.1 Å². The number of ether oxygens (including phenoxy) is 1. The maximum atomic E-state index is 15.5. The van der Waals surface area contributed by atoms with E-state index in [9.17, 15) is 34.8 Å². The lowest BCUT2D eigenvalue weighted by atomic mass is 9.93. The number of nitrogens with zero attached hydrogens (tertiary/aromatic N) is 1. The highest BCUT2D eigenvalue weighted by molar-refractivity contribution is 7.93. The molecule has 1 aliphatic heterocycles. The smallest absolute Gasteiger partial charge is 0.406 e. The van der Waals surface area contributed by atoms with Gasteiger partial charge in [0.2, 0.25) is 10.0 Å². The minimum Gasteiger partial charge on any atom is -0.406 e. The van der Waals surface area contributed by atoms with Crippen LogP contribution in [0, 0.1) is 0 Å². The maximum absolute atomic E-state index is 15.5. The van der Waals surface area contributed by atoms with Gasteiger partial charge in [-0.1, -0.05) is 35.9 Å². The van der Waals surface area contributed by atoms with Gasteiger partial charge in [0, 0.05) is 59.8 Å². The highest BCUT2D eigenvalue weighted by atomic mass is 35.5. The fraction of sp³-hybridized carbons (Fsp3) is 0.375. The fourth-order valence-corrected chi connectivity index (χ4v) is 6.30. The molecule has 0 saturated carbocycles. The van der Waals surface area contributed by atoms with Crippen molar-refractivity contribution in [2.45, 2.75) is 42.7 Å². The highest BCUT2D eigenvalue weighted by Crippen LogP contribution is 2.39. The fourth-order valence-electron chi connectivity index (χ4n) is 3.91. The number of piperidine rings is 1. The van der Waals surface area contributed by atoms with E-state index < -0.39 is 75.5 Å². The summed E-state index contributed by atoms with van der Waals surface area (Å²) in [5.74, 6) is -1.68. The van der Waals surface area contributed by atoms with Gasteiger partial charge in [0.05, 0.1) is 4.90 Å². The molecular formula is C24H25ClF4N2O6S2. The first-order chi connectivity index (χ1) is 17.9. The quantitative estimate of drug-likeness (QED) is 0.441. The molecule has 1 heterocycles. The number of nitrogens with one attached hydrogen (secondary N) is 1. The number of hydrogen-bond donors (Lipinski definition) is 1. The van der Waals surface area contributed by atoms with Crippen molar-refractivity contribution in [3.8, 4) is 16.9 Å². The Bertz CT molecular complexity index is 1470. The third kappa shape index (κ3) is 7.93. The van der Waals surface area contributed by atoms with Gasteiger partial charge in [0.25, 0.3) is 5.91 Å². The van der Waals surface area contributed by atoms with Crippen molar-refractivity contribution in [2.75, 3.05) is 19.3 Å². The van der Waals surface area contributed by atoms with E-state index in [1.54, 1.807) is 6.07 Å². The van der Waals surface area contributed by atoms with Gasteiger partial charge in [0.1, 0.15) is 5.75 Å². The van der Waals surface area contributed by atoms with Crippen LogP contribution in [0.5, 0.6) is 5.75 Å². The van der Waals surface area contributed by atoms with Crippen LogP contribution in [0.4, 0.5) is 17.6 Å². The zero-order valence-corrected chi connectivity index (χ0v) is 23.1. The zero-order chi connectivity index (χ0) is 29.2. The van der Waals surface area contributed by atoms with Crippen LogP contribution in [0.2, 0.25) is 5.02 Å². The summed E-state index contributed by atoms with van der Waals surface area (Å²) in [4.78, 5) is 12.2. The molecule has 0 aliphatic carbocycles. The Morgan fingerprint density at radius 2 is 1.72 bits per heavy atom. The largest absolute Gasteiger partial charge is 0.573 e. The van der Waals surface area contributed by atoms with Gasteiger partial charge >= 0.3 is 6.36 Å². The van der Waals surface area contributed by atoms with Crippen LogP contribution in [-0.4, -0.2) is 64.5 Å². The molecule has 39 heavy (non-hydrogen) atoms. The zero-order valence-electron chi connectivity index (χ0n) is 20.7. The maximum Gasteiger partial charge on any atom is 0.573 e. The SMILES string of the molecule is C[C@H](/C=C\S(C)(=O)=O)NC(=O)C1(F)CCN(S(=O)(=O)c2ccc(OC(F)(F)F)cc2-c2ccccc2Cl)CC1. The number of hydrogen-bond acceptors (Lipinski definition) is 6. The van der Waals surface area contributed by atoms with E-state index in [1.165, 1.54) is 31.2 Å². The molecule has 0 bridgehead atoms. The van der Waals surface area contributed by atoms with E-state index in [0.717, 1.165) is 34.2 Å². The van der Waals surface area contributed by atoms with Gasteiger partial charge in [-0.25, -0.2) is 21.2 Å². The summed E-state index contributed by atoms with van der Waals surface area (Å²) in [6.45, 7) is 0.649. The van der Waals surface area contributed by atoms with Crippen LogP contribution in [0.25, 0.3) is 11.1 Å². The number of sulfonamides is 1. The molecule has 0 spiro atoms. The highest BCUT2D eigenvalue weighted by Gasteiger charge is 2.45. The summed E-state index contributed by atoms with van der Waals surface area (Å²) in [5, 5.41) is 3.31. The van der Waals surface area contributed by atoms with E-state index in [4.69, 9.17) is 11.6 Å². The number of halogens is 5.